The molecule has 2 aromatic rings. The first-order valence-electron chi connectivity index (χ1n) is 7.69. The van der Waals surface area contributed by atoms with Crippen molar-refractivity contribution in [2.24, 2.45) is 0 Å². The van der Waals surface area contributed by atoms with E-state index in [1.54, 1.807) is 24.4 Å². The Morgan fingerprint density at radius 3 is 2.60 bits per heavy atom. The molecule has 25 heavy (non-hydrogen) atoms. The Hall–Kier alpha value is -2.48. The standard InChI is InChI=1S/C19H17Cl2N3O/c1-2-24(12-14-6-4-3-5-7-14)13-15(11-22)19(25)23-18-10-16(20)8-9-17(18)21/h3-10,13H,2,12H2,1H3,(H,23,25)/b15-13-. The van der Waals surface area contributed by atoms with E-state index in [1.807, 2.05) is 48.2 Å². The van der Waals surface area contributed by atoms with Gasteiger partial charge in [-0.3, -0.25) is 4.79 Å². The summed E-state index contributed by atoms with van der Waals surface area (Å²) in [7, 11) is 0. The van der Waals surface area contributed by atoms with Gasteiger partial charge in [0.1, 0.15) is 11.6 Å². The molecule has 1 N–H and O–H groups in total. The van der Waals surface area contributed by atoms with Crippen molar-refractivity contribution in [3.8, 4) is 6.07 Å². The van der Waals surface area contributed by atoms with E-state index in [0.29, 0.717) is 28.8 Å². The van der Waals surface area contributed by atoms with Crippen LogP contribution in [0.1, 0.15) is 12.5 Å². The highest BCUT2D eigenvalue weighted by Gasteiger charge is 2.13. The predicted molar refractivity (Wildman–Crippen MR) is 101 cm³/mol. The molecule has 6 heteroatoms. The first-order chi connectivity index (χ1) is 12.0. The lowest BCUT2D eigenvalue weighted by Crippen LogP contribution is -2.21. The van der Waals surface area contributed by atoms with Crippen molar-refractivity contribution in [2.75, 3.05) is 11.9 Å². The van der Waals surface area contributed by atoms with Gasteiger partial charge in [0.15, 0.2) is 0 Å². The van der Waals surface area contributed by atoms with Gasteiger partial charge in [0.25, 0.3) is 5.91 Å². The third-order valence-corrected chi connectivity index (χ3v) is 4.05. The van der Waals surface area contributed by atoms with Crippen molar-refractivity contribution in [1.82, 2.24) is 4.90 Å². The highest BCUT2D eigenvalue weighted by atomic mass is 35.5. The van der Waals surface area contributed by atoms with Crippen LogP contribution in [0.25, 0.3) is 0 Å². The van der Waals surface area contributed by atoms with Crippen molar-refractivity contribution < 1.29 is 4.79 Å². The Labute approximate surface area is 157 Å². The zero-order valence-electron chi connectivity index (χ0n) is 13.7. The van der Waals surface area contributed by atoms with Crippen molar-refractivity contribution in [3.63, 3.8) is 0 Å². The van der Waals surface area contributed by atoms with Gasteiger partial charge in [-0.1, -0.05) is 53.5 Å². The smallest absolute Gasteiger partial charge is 0.267 e. The van der Waals surface area contributed by atoms with Gasteiger partial charge in [0, 0.05) is 24.3 Å². The van der Waals surface area contributed by atoms with Gasteiger partial charge < -0.3 is 10.2 Å². The fraction of sp³-hybridized carbons (Fsp3) is 0.158. The summed E-state index contributed by atoms with van der Waals surface area (Å²) in [5.41, 5.74) is 1.46. The number of hydrogen-bond donors (Lipinski definition) is 1. The number of carbonyl (C=O) groups is 1. The summed E-state index contributed by atoms with van der Waals surface area (Å²) in [5, 5.41) is 12.8. The minimum Gasteiger partial charge on any atom is -0.372 e. The first kappa shape index (κ1) is 18.9. The first-order valence-corrected chi connectivity index (χ1v) is 8.45. The van der Waals surface area contributed by atoms with Crippen molar-refractivity contribution in [1.29, 1.82) is 5.26 Å². The number of rotatable bonds is 6. The van der Waals surface area contributed by atoms with Gasteiger partial charge >= 0.3 is 0 Å². The third kappa shape index (κ3) is 5.53. The molecule has 0 atom stereocenters. The Morgan fingerprint density at radius 1 is 1.24 bits per heavy atom. The molecule has 1 amide bonds. The van der Waals surface area contributed by atoms with Crippen LogP contribution >= 0.6 is 23.2 Å². The third-order valence-electron chi connectivity index (χ3n) is 3.49. The molecular formula is C19H17Cl2N3O. The lowest BCUT2D eigenvalue weighted by molar-refractivity contribution is -0.112. The quantitative estimate of drug-likeness (QED) is 0.580. The minimum atomic E-state index is -0.529. The van der Waals surface area contributed by atoms with Crippen LogP contribution in [-0.2, 0) is 11.3 Å². The van der Waals surface area contributed by atoms with Crippen LogP contribution < -0.4 is 5.32 Å². The van der Waals surface area contributed by atoms with Crippen LogP contribution in [0.4, 0.5) is 5.69 Å². The van der Waals surface area contributed by atoms with Crippen LogP contribution in [0.5, 0.6) is 0 Å². The topological polar surface area (TPSA) is 56.1 Å². The number of carbonyl (C=O) groups excluding carboxylic acids is 1. The average molecular weight is 374 g/mol. The number of hydrogen-bond acceptors (Lipinski definition) is 3. The van der Waals surface area contributed by atoms with Gasteiger partial charge in [-0.25, -0.2) is 0 Å². The summed E-state index contributed by atoms with van der Waals surface area (Å²) in [5.74, 6) is -0.529. The molecular weight excluding hydrogens is 357 g/mol. The lowest BCUT2D eigenvalue weighted by atomic mass is 10.2. The minimum absolute atomic E-state index is 0.00572. The fourth-order valence-electron chi connectivity index (χ4n) is 2.17. The fourth-order valence-corrected chi connectivity index (χ4v) is 2.51. The van der Waals surface area contributed by atoms with E-state index >= 15 is 0 Å². The second kappa shape index (κ2) is 9.12. The average Bonchev–Trinajstić information content (AvgIpc) is 2.62. The number of nitriles is 1. The lowest BCUT2D eigenvalue weighted by Gasteiger charge is -2.19. The summed E-state index contributed by atoms with van der Waals surface area (Å²) < 4.78 is 0. The summed E-state index contributed by atoms with van der Waals surface area (Å²) in [6, 6.07) is 16.5. The molecule has 0 fully saturated rings. The SMILES string of the molecule is CCN(/C=C(/C#N)C(=O)Nc1cc(Cl)ccc1Cl)Cc1ccccc1. The molecule has 0 saturated carbocycles. The van der Waals surface area contributed by atoms with Crippen LogP contribution in [0, 0.1) is 11.3 Å². The van der Waals surface area contributed by atoms with Crippen LogP contribution in [-0.4, -0.2) is 17.4 Å². The largest absolute Gasteiger partial charge is 0.372 e. The number of benzene rings is 2. The molecule has 0 aliphatic heterocycles. The monoisotopic (exact) mass is 373 g/mol. The van der Waals surface area contributed by atoms with Crippen molar-refractivity contribution in [2.45, 2.75) is 13.5 Å². The predicted octanol–water partition coefficient (Wildman–Crippen LogP) is 4.86. The van der Waals surface area contributed by atoms with Crippen molar-refractivity contribution >= 4 is 34.8 Å². The molecule has 0 unspecified atom stereocenters. The molecule has 128 valence electrons. The second-order valence-corrected chi connectivity index (χ2v) is 6.13. The summed E-state index contributed by atoms with van der Waals surface area (Å²) >= 11 is 12.0. The maximum atomic E-state index is 12.4. The summed E-state index contributed by atoms with van der Waals surface area (Å²) in [4.78, 5) is 14.3. The number of halogens is 2. The normalized spacial score (nSPS) is 10.9. The van der Waals surface area contributed by atoms with Gasteiger partial charge in [0.2, 0.25) is 0 Å². The Morgan fingerprint density at radius 2 is 1.96 bits per heavy atom. The summed E-state index contributed by atoms with van der Waals surface area (Å²) in [6.07, 6.45) is 1.56. The second-order valence-electron chi connectivity index (χ2n) is 5.28. The molecule has 2 rings (SSSR count). The van der Waals surface area contributed by atoms with E-state index in [9.17, 15) is 10.1 Å². The zero-order chi connectivity index (χ0) is 18.2. The molecule has 0 saturated heterocycles. The number of anilines is 1. The van der Waals surface area contributed by atoms with Crippen LogP contribution in [0.2, 0.25) is 10.0 Å². The van der Waals surface area contributed by atoms with Gasteiger partial charge in [-0.15, -0.1) is 0 Å². The van der Waals surface area contributed by atoms with Gasteiger partial charge in [-0.2, -0.15) is 5.26 Å². The van der Waals surface area contributed by atoms with E-state index in [1.165, 1.54) is 0 Å². The number of nitrogens with one attached hydrogen (secondary N) is 1. The highest BCUT2D eigenvalue weighted by molar-refractivity contribution is 6.35. The van der Waals surface area contributed by atoms with Gasteiger partial charge in [-0.05, 0) is 30.7 Å². The van der Waals surface area contributed by atoms with Crippen LogP contribution in [0.3, 0.4) is 0 Å². The summed E-state index contributed by atoms with van der Waals surface area (Å²) in [6.45, 7) is 3.22. The Bertz CT molecular complexity index is 813. The molecule has 0 spiro atoms. The molecule has 0 aromatic heterocycles. The molecule has 0 bridgehead atoms. The van der Waals surface area contributed by atoms with E-state index in [0.717, 1.165) is 5.56 Å². The maximum Gasteiger partial charge on any atom is 0.267 e. The number of amides is 1. The zero-order valence-corrected chi connectivity index (χ0v) is 15.2. The molecule has 0 aliphatic rings. The maximum absolute atomic E-state index is 12.4. The Kier molecular flexibility index (Phi) is 6.88. The van der Waals surface area contributed by atoms with E-state index in [2.05, 4.69) is 5.32 Å². The number of nitrogens with zero attached hydrogens (tertiary/aromatic N) is 2. The van der Waals surface area contributed by atoms with E-state index in [-0.39, 0.29) is 5.57 Å². The van der Waals surface area contributed by atoms with Crippen LogP contribution in [0.15, 0.2) is 60.3 Å². The molecule has 4 nitrogen and oxygen atoms in total. The highest BCUT2D eigenvalue weighted by Crippen LogP contribution is 2.25. The molecule has 0 radical (unpaired) electrons. The molecule has 0 heterocycles. The Balaban J connectivity index is 2.15. The molecule has 0 aliphatic carbocycles. The van der Waals surface area contributed by atoms with E-state index in [4.69, 9.17) is 23.2 Å². The van der Waals surface area contributed by atoms with Crippen molar-refractivity contribution in [3.05, 3.63) is 75.9 Å². The van der Waals surface area contributed by atoms with E-state index < -0.39 is 5.91 Å². The molecule has 2 aromatic carbocycles. The van der Waals surface area contributed by atoms with Gasteiger partial charge in [0.05, 0.1) is 10.7 Å².